The Labute approximate surface area is 83.0 Å². The standard InChI is InChI=1S/C10H14N2O2/c1-8(10(13)14)5-7-12-9-4-2-3-6-11-9/h2-4,6,8H,5,7H2,1H3,(H,11,12)(H,13,14). The Morgan fingerprint density at radius 2 is 2.43 bits per heavy atom. The Hall–Kier alpha value is -1.58. The van der Waals surface area contributed by atoms with Crippen LogP contribution in [-0.4, -0.2) is 22.6 Å². The molecular formula is C10H14N2O2. The van der Waals surface area contributed by atoms with E-state index in [-0.39, 0.29) is 5.92 Å². The second-order valence-corrected chi connectivity index (χ2v) is 3.17. The molecule has 1 aromatic rings. The Bertz CT molecular complexity index is 287. The van der Waals surface area contributed by atoms with Gasteiger partial charge in [-0.2, -0.15) is 0 Å². The van der Waals surface area contributed by atoms with Gasteiger partial charge >= 0.3 is 5.97 Å². The Morgan fingerprint density at radius 3 is 3.00 bits per heavy atom. The normalized spacial score (nSPS) is 12.1. The third kappa shape index (κ3) is 3.43. The van der Waals surface area contributed by atoms with E-state index in [1.807, 2.05) is 18.2 Å². The van der Waals surface area contributed by atoms with Crippen LogP contribution in [0.4, 0.5) is 5.82 Å². The van der Waals surface area contributed by atoms with Crippen molar-refractivity contribution in [3.63, 3.8) is 0 Å². The summed E-state index contributed by atoms with van der Waals surface area (Å²) in [7, 11) is 0. The fourth-order valence-corrected chi connectivity index (χ4v) is 1.01. The molecule has 0 bridgehead atoms. The second-order valence-electron chi connectivity index (χ2n) is 3.17. The van der Waals surface area contributed by atoms with Gasteiger partial charge in [0.15, 0.2) is 0 Å². The first-order chi connectivity index (χ1) is 6.70. The molecule has 1 aromatic heterocycles. The van der Waals surface area contributed by atoms with Gasteiger partial charge in [-0.25, -0.2) is 4.98 Å². The third-order valence-corrected chi connectivity index (χ3v) is 1.97. The number of nitrogens with zero attached hydrogens (tertiary/aromatic N) is 1. The van der Waals surface area contributed by atoms with E-state index < -0.39 is 5.97 Å². The summed E-state index contributed by atoms with van der Waals surface area (Å²) in [4.78, 5) is 14.6. The summed E-state index contributed by atoms with van der Waals surface area (Å²) in [6.07, 6.45) is 2.30. The maximum absolute atomic E-state index is 10.5. The highest BCUT2D eigenvalue weighted by Crippen LogP contribution is 2.04. The molecule has 1 rings (SSSR count). The van der Waals surface area contributed by atoms with E-state index >= 15 is 0 Å². The molecule has 0 amide bonds. The molecule has 0 spiro atoms. The van der Waals surface area contributed by atoms with Crippen molar-refractivity contribution in [3.8, 4) is 0 Å². The van der Waals surface area contributed by atoms with Crippen molar-refractivity contribution in [1.82, 2.24) is 4.98 Å². The van der Waals surface area contributed by atoms with Crippen molar-refractivity contribution in [2.75, 3.05) is 11.9 Å². The van der Waals surface area contributed by atoms with Crippen LogP contribution in [0.5, 0.6) is 0 Å². The summed E-state index contributed by atoms with van der Waals surface area (Å²) in [6.45, 7) is 2.33. The molecule has 4 heteroatoms. The minimum atomic E-state index is -0.757. The predicted molar refractivity (Wildman–Crippen MR) is 54.1 cm³/mol. The van der Waals surface area contributed by atoms with Crippen molar-refractivity contribution in [3.05, 3.63) is 24.4 Å². The van der Waals surface area contributed by atoms with E-state index in [2.05, 4.69) is 10.3 Å². The van der Waals surface area contributed by atoms with Crippen LogP contribution in [0.2, 0.25) is 0 Å². The minimum absolute atomic E-state index is 0.314. The summed E-state index contributed by atoms with van der Waals surface area (Å²) in [6, 6.07) is 5.58. The van der Waals surface area contributed by atoms with E-state index in [0.717, 1.165) is 5.82 Å². The van der Waals surface area contributed by atoms with Gasteiger partial charge in [0.2, 0.25) is 0 Å². The Morgan fingerprint density at radius 1 is 1.64 bits per heavy atom. The van der Waals surface area contributed by atoms with Gasteiger partial charge in [0, 0.05) is 12.7 Å². The summed E-state index contributed by atoms with van der Waals surface area (Å²) in [5.41, 5.74) is 0. The van der Waals surface area contributed by atoms with Crippen LogP contribution in [0.3, 0.4) is 0 Å². The predicted octanol–water partition coefficient (Wildman–Crippen LogP) is 1.60. The molecule has 0 aliphatic carbocycles. The van der Waals surface area contributed by atoms with Crippen LogP contribution in [-0.2, 0) is 4.79 Å². The molecular weight excluding hydrogens is 180 g/mol. The zero-order valence-electron chi connectivity index (χ0n) is 8.10. The summed E-state index contributed by atoms with van der Waals surface area (Å²) >= 11 is 0. The molecule has 0 radical (unpaired) electrons. The zero-order chi connectivity index (χ0) is 10.4. The number of pyridine rings is 1. The third-order valence-electron chi connectivity index (χ3n) is 1.97. The van der Waals surface area contributed by atoms with Crippen molar-refractivity contribution >= 4 is 11.8 Å². The smallest absolute Gasteiger partial charge is 0.306 e. The highest BCUT2D eigenvalue weighted by molar-refractivity contribution is 5.69. The van der Waals surface area contributed by atoms with Gasteiger partial charge in [-0.05, 0) is 18.6 Å². The quantitative estimate of drug-likeness (QED) is 0.747. The Balaban J connectivity index is 2.26. The molecule has 2 N–H and O–H groups in total. The highest BCUT2D eigenvalue weighted by atomic mass is 16.4. The number of nitrogens with one attached hydrogen (secondary N) is 1. The number of carboxylic acids is 1. The van der Waals surface area contributed by atoms with Gasteiger partial charge in [-0.1, -0.05) is 13.0 Å². The number of carboxylic acid groups (broad SMARTS) is 1. The lowest BCUT2D eigenvalue weighted by Crippen LogP contribution is -2.14. The van der Waals surface area contributed by atoms with E-state index in [1.165, 1.54) is 0 Å². The SMILES string of the molecule is CC(CCNc1ccccn1)C(=O)O. The first-order valence-electron chi connectivity index (χ1n) is 4.58. The number of hydrogen-bond donors (Lipinski definition) is 2. The van der Waals surface area contributed by atoms with Crippen LogP contribution in [0.15, 0.2) is 24.4 Å². The first kappa shape index (κ1) is 10.5. The van der Waals surface area contributed by atoms with E-state index in [4.69, 9.17) is 5.11 Å². The second kappa shape index (κ2) is 5.21. The van der Waals surface area contributed by atoms with Crippen molar-refractivity contribution in [1.29, 1.82) is 0 Å². The van der Waals surface area contributed by atoms with Crippen LogP contribution in [0, 0.1) is 5.92 Å². The summed E-state index contributed by atoms with van der Waals surface area (Å²) < 4.78 is 0. The fourth-order valence-electron chi connectivity index (χ4n) is 1.01. The average Bonchev–Trinajstić information content (AvgIpc) is 2.19. The lowest BCUT2D eigenvalue weighted by Gasteiger charge is -2.07. The highest BCUT2D eigenvalue weighted by Gasteiger charge is 2.09. The molecule has 0 fully saturated rings. The van der Waals surface area contributed by atoms with Crippen LogP contribution in [0.25, 0.3) is 0 Å². The van der Waals surface area contributed by atoms with Crippen molar-refractivity contribution in [2.45, 2.75) is 13.3 Å². The molecule has 1 atom stereocenters. The molecule has 4 nitrogen and oxygen atoms in total. The maximum Gasteiger partial charge on any atom is 0.306 e. The zero-order valence-corrected chi connectivity index (χ0v) is 8.10. The number of aromatic nitrogens is 1. The molecule has 0 aromatic carbocycles. The molecule has 1 unspecified atom stereocenters. The number of carbonyl (C=O) groups is 1. The first-order valence-corrected chi connectivity index (χ1v) is 4.58. The molecule has 14 heavy (non-hydrogen) atoms. The lowest BCUT2D eigenvalue weighted by molar-refractivity contribution is -0.141. The van der Waals surface area contributed by atoms with E-state index in [9.17, 15) is 4.79 Å². The monoisotopic (exact) mass is 194 g/mol. The van der Waals surface area contributed by atoms with Gasteiger partial charge < -0.3 is 10.4 Å². The largest absolute Gasteiger partial charge is 0.481 e. The fraction of sp³-hybridized carbons (Fsp3) is 0.400. The molecule has 76 valence electrons. The minimum Gasteiger partial charge on any atom is -0.481 e. The van der Waals surface area contributed by atoms with Crippen LogP contribution in [0.1, 0.15) is 13.3 Å². The number of rotatable bonds is 5. The summed E-state index contributed by atoms with van der Waals surface area (Å²) in [5, 5.41) is 11.7. The van der Waals surface area contributed by atoms with Gasteiger partial charge in [-0.3, -0.25) is 4.79 Å². The average molecular weight is 194 g/mol. The maximum atomic E-state index is 10.5. The van der Waals surface area contributed by atoms with Gasteiger partial charge in [-0.15, -0.1) is 0 Å². The van der Waals surface area contributed by atoms with Crippen LogP contribution >= 0.6 is 0 Å². The summed E-state index contributed by atoms with van der Waals surface area (Å²) in [5.74, 6) is -0.288. The molecule has 0 aliphatic heterocycles. The van der Waals surface area contributed by atoms with Gasteiger partial charge in [0.1, 0.15) is 5.82 Å². The topological polar surface area (TPSA) is 62.2 Å². The van der Waals surface area contributed by atoms with E-state index in [0.29, 0.717) is 13.0 Å². The molecule has 0 saturated heterocycles. The molecule has 0 aliphatic rings. The van der Waals surface area contributed by atoms with Crippen molar-refractivity contribution < 1.29 is 9.90 Å². The Kier molecular flexibility index (Phi) is 3.91. The van der Waals surface area contributed by atoms with Gasteiger partial charge in [0.25, 0.3) is 0 Å². The van der Waals surface area contributed by atoms with Gasteiger partial charge in [0.05, 0.1) is 5.92 Å². The van der Waals surface area contributed by atoms with Crippen molar-refractivity contribution in [2.24, 2.45) is 5.92 Å². The lowest BCUT2D eigenvalue weighted by atomic mass is 10.1. The molecule has 0 saturated carbocycles. The van der Waals surface area contributed by atoms with Crippen LogP contribution < -0.4 is 5.32 Å². The van der Waals surface area contributed by atoms with E-state index in [1.54, 1.807) is 13.1 Å². The number of aliphatic carboxylic acids is 1. The molecule has 1 heterocycles. The number of anilines is 1. The number of hydrogen-bond acceptors (Lipinski definition) is 3.